The average molecular weight is 547 g/mol. The molecule has 5 rings (SSSR count). The van der Waals surface area contributed by atoms with E-state index in [4.69, 9.17) is 27.5 Å². The topological polar surface area (TPSA) is 137 Å². The lowest BCUT2D eigenvalue weighted by molar-refractivity contribution is -0.0715. The quantitative estimate of drug-likeness (QED) is 0.322. The first kappa shape index (κ1) is 26.0. The Morgan fingerprint density at radius 3 is 2.68 bits per heavy atom. The molecule has 2 aromatic heterocycles. The number of aromatic nitrogens is 4. The Bertz CT molecular complexity index is 1420. The zero-order valence-corrected chi connectivity index (χ0v) is 21.5. The van der Waals surface area contributed by atoms with Crippen LogP contribution < -0.4 is 0 Å². The SMILES string of the molecule is C#C[C@@]1(O)[C@@H](COCS(=O)(=O)c2ccccc2)O[C@@H](n2cnc3c(CC4CCCC4)nc(Cl)nc32)[C@@H]1O. The summed E-state index contributed by atoms with van der Waals surface area (Å²) >= 11 is 6.23. The fourth-order valence-electron chi connectivity index (χ4n) is 5.04. The number of nitrogens with zero attached hydrogens (tertiary/aromatic N) is 4. The van der Waals surface area contributed by atoms with Crippen LogP contribution in [0.5, 0.6) is 0 Å². The number of hydrogen-bond donors (Lipinski definition) is 2. The van der Waals surface area contributed by atoms with Crippen LogP contribution >= 0.6 is 11.6 Å². The third-order valence-corrected chi connectivity index (χ3v) is 8.69. The third kappa shape index (κ3) is 4.97. The summed E-state index contributed by atoms with van der Waals surface area (Å²) in [5.74, 6) is 2.03. The molecule has 0 bridgehead atoms. The molecule has 3 heterocycles. The highest BCUT2D eigenvalue weighted by atomic mass is 35.5. The standard InChI is InChI=1S/C25H27ClN4O6S/c1-2-25(32)19(13-35-15-37(33,34)17-10-4-3-5-11-17)36-23(21(25)31)30-14-27-20-18(12-16-8-6-7-9-16)28-24(26)29-22(20)30/h1,3-5,10-11,14,16,19,21,23,31-32H,6-9,12-13,15H2/t19-,21+,23-,25-/m1/s1. The molecule has 4 atom stereocenters. The molecule has 3 aromatic rings. The number of halogens is 1. The van der Waals surface area contributed by atoms with Gasteiger partial charge < -0.3 is 19.7 Å². The van der Waals surface area contributed by atoms with Crippen LogP contribution in [0.25, 0.3) is 11.2 Å². The van der Waals surface area contributed by atoms with Gasteiger partial charge in [0.05, 0.1) is 23.5 Å². The van der Waals surface area contributed by atoms with Gasteiger partial charge in [0, 0.05) is 0 Å². The minimum absolute atomic E-state index is 0.0351. The highest BCUT2D eigenvalue weighted by molar-refractivity contribution is 7.91. The van der Waals surface area contributed by atoms with Crippen LogP contribution in [-0.2, 0) is 25.7 Å². The van der Waals surface area contributed by atoms with E-state index in [1.54, 1.807) is 18.2 Å². The molecule has 37 heavy (non-hydrogen) atoms. The van der Waals surface area contributed by atoms with Crippen molar-refractivity contribution in [3.63, 3.8) is 0 Å². The highest BCUT2D eigenvalue weighted by Gasteiger charge is 2.55. The number of imidazole rings is 1. The summed E-state index contributed by atoms with van der Waals surface area (Å²) in [7, 11) is -3.74. The molecule has 1 saturated carbocycles. The molecular formula is C25H27ClN4O6S. The fraction of sp³-hybridized carbons (Fsp3) is 0.480. The molecular weight excluding hydrogens is 520 g/mol. The molecule has 12 heteroatoms. The van der Waals surface area contributed by atoms with Gasteiger partial charge in [0.1, 0.15) is 17.7 Å². The van der Waals surface area contributed by atoms with E-state index in [0.29, 0.717) is 29.2 Å². The predicted molar refractivity (Wildman–Crippen MR) is 134 cm³/mol. The Hall–Kier alpha value is -2.59. The Morgan fingerprint density at radius 2 is 1.97 bits per heavy atom. The Kier molecular flexibility index (Phi) is 7.24. The molecule has 1 saturated heterocycles. The van der Waals surface area contributed by atoms with Gasteiger partial charge in [-0.1, -0.05) is 49.8 Å². The lowest BCUT2D eigenvalue weighted by Crippen LogP contribution is -2.48. The molecule has 1 aromatic carbocycles. The zero-order valence-electron chi connectivity index (χ0n) is 19.9. The maximum absolute atomic E-state index is 12.5. The van der Waals surface area contributed by atoms with Crippen LogP contribution in [0.1, 0.15) is 37.6 Å². The number of benzene rings is 1. The number of fused-ring (bicyclic) bond motifs is 1. The highest BCUT2D eigenvalue weighted by Crippen LogP contribution is 2.39. The number of aliphatic hydroxyl groups excluding tert-OH is 1. The summed E-state index contributed by atoms with van der Waals surface area (Å²) < 4.78 is 37.8. The van der Waals surface area contributed by atoms with Crippen molar-refractivity contribution in [1.29, 1.82) is 0 Å². The van der Waals surface area contributed by atoms with Gasteiger partial charge in [-0.2, -0.15) is 4.98 Å². The van der Waals surface area contributed by atoms with Gasteiger partial charge in [-0.05, 0) is 36.1 Å². The molecule has 2 fully saturated rings. The Balaban J connectivity index is 1.36. The minimum atomic E-state index is -3.74. The van der Waals surface area contributed by atoms with Crippen LogP contribution in [0.3, 0.4) is 0 Å². The van der Waals surface area contributed by atoms with E-state index in [9.17, 15) is 18.6 Å². The monoisotopic (exact) mass is 546 g/mol. The van der Waals surface area contributed by atoms with E-state index in [-0.39, 0.29) is 16.8 Å². The van der Waals surface area contributed by atoms with Gasteiger partial charge in [-0.25, -0.2) is 18.4 Å². The summed E-state index contributed by atoms with van der Waals surface area (Å²) in [6.07, 6.45) is 8.35. The number of ether oxygens (including phenoxy) is 2. The van der Waals surface area contributed by atoms with Gasteiger partial charge in [0.15, 0.2) is 23.4 Å². The van der Waals surface area contributed by atoms with Crippen LogP contribution in [0.15, 0.2) is 41.6 Å². The van der Waals surface area contributed by atoms with Crippen LogP contribution in [0.2, 0.25) is 5.28 Å². The average Bonchev–Trinajstić information content (AvgIpc) is 3.60. The second-order valence-corrected chi connectivity index (χ2v) is 11.7. The number of terminal acetylenes is 1. The van der Waals surface area contributed by atoms with Crippen LogP contribution in [0.4, 0.5) is 0 Å². The van der Waals surface area contributed by atoms with Gasteiger partial charge >= 0.3 is 0 Å². The van der Waals surface area contributed by atoms with Gasteiger partial charge in [0.25, 0.3) is 0 Å². The molecule has 2 aliphatic rings. The van der Waals surface area contributed by atoms with Crippen molar-refractivity contribution in [1.82, 2.24) is 19.5 Å². The molecule has 0 spiro atoms. The van der Waals surface area contributed by atoms with Crippen molar-refractivity contribution < 1.29 is 28.1 Å². The summed E-state index contributed by atoms with van der Waals surface area (Å²) in [6.45, 7) is -0.379. The third-order valence-electron chi connectivity index (χ3n) is 7.05. The van der Waals surface area contributed by atoms with E-state index >= 15 is 0 Å². The normalized spacial score (nSPS) is 26.6. The fourth-order valence-corrected chi connectivity index (χ4v) is 6.25. The van der Waals surface area contributed by atoms with Gasteiger partial charge in [-0.3, -0.25) is 4.57 Å². The maximum Gasteiger partial charge on any atom is 0.224 e. The zero-order chi connectivity index (χ0) is 26.2. The van der Waals surface area contributed by atoms with Crippen molar-refractivity contribution in [3.8, 4) is 12.3 Å². The number of hydrogen-bond acceptors (Lipinski definition) is 9. The van der Waals surface area contributed by atoms with Crippen molar-refractivity contribution in [3.05, 3.63) is 47.6 Å². The largest absolute Gasteiger partial charge is 0.384 e. The summed E-state index contributed by atoms with van der Waals surface area (Å²) in [5.41, 5.74) is -0.567. The summed E-state index contributed by atoms with van der Waals surface area (Å²) in [5, 5.41) is 22.1. The molecule has 0 radical (unpaired) electrons. The van der Waals surface area contributed by atoms with Crippen LogP contribution in [-0.4, -0.2) is 68.5 Å². The number of sulfone groups is 1. The smallest absolute Gasteiger partial charge is 0.224 e. The van der Waals surface area contributed by atoms with Gasteiger partial charge in [-0.15, -0.1) is 6.42 Å². The summed E-state index contributed by atoms with van der Waals surface area (Å²) in [4.78, 5) is 13.2. The predicted octanol–water partition coefficient (Wildman–Crippen LogP) is 2.28. The van der Waals surface area contributed by atoms with Crippen molar-refractivity contribution in [2.45, 2.75) is 61.0 Å². The van der Waals surface area contributed by atoms with E-state index < -0.39 is 39.8 Å². The summed E-state index contributed by atoms with van der Waals surface area (Å²) in [6, 6.07) is 7.84. The maximum atomic E-state index is 12.5. The molecule has 0 unspecified atom stereocenters. The van der Waals surface area contributed by atoms with Crippen molar-refractivity contribution in [2.24, 2.45) is 5.92 Å². The number of aliphatic hydroxyl groups is 2. The Morgan fingerprint density at radius 1 is 1.24 bits per heavy atom. The molecule has 196 valence electrons. The van der Waals surface area contributed by atoms with E-state index in [2.05, 4.69) is 20.9 Å². The van der Waals surface area contributed by atoms with E-state index in [0.717, 1.165) is 12.8 Å². The second-order valence-electron chi connectivity index (χ2n) is 9.46. The Labute approximate surface area is 219 Å². The number of rotatable bonds is 8. The van der Waals surface area contributed by atoms with Crippen molar-refractivity contribution in [2.75, 3.05) is 12.5 Å². The van der Waals surface area contributed by atoms with E-state index in [1.807, 2.05) is 0 Å². The lowest BCUT2D eigenvalue weighted by atomic mass is 9.93. The van der Waals surface area contributed by atoms with Crippen LogP contribution in [0, 0.1) is 18.3 Å². The first-order chi connectivity index (χ1) is 17.7. The molecule has 1 aliphatic carbocycles. The molecule has 10 nitrogen and oxygen atoms in total. The molecule has 1 aliphatic heterocycles. The first-order valence-corrected chi connectivity index (χ1v) is 14.0. The lowest BCUT2D eigenvalue weighted by Gasteiger charge is -2.25. The van der Waals surface area contributed by atoms with Crippen molar-refractivity contribution >= 4 is 32.6 Å². The molecule has 0 amide bonds. The van der Waals surface area contributed by atoms with E-state index in [1.165, 1.54) is 35.9 Å². The first-order valence-electron chi connectivity index (χ1n) is 12.0. The minimum Gasteiger partial charge on any atom is -0.384 e. The molecule has 2 N–H and O–H groups in total. The van der Waals surface area contributed by atoms with Gasteiger partial charge in [0.2, 0.25) is 15.1 Å². The second kappa shape index (κ2) is 10.3.